The van der Waals surface area contributed by atoms with E-state index < -0.39 is 0 Å². The van der Waals surface area contributed by atoms with E-state index in [-0.39, 0.29) is 0 Å². The van der Waals surface area contributed by atoms with Gasteiger partial charge in [0.1, 0.15) is 0 Å². The van der Waals surface area contributed by atoms with Gasteiger partial charge >= 0.3 is 0 Å². The highest BCUT2D eigenvalue weighted by Crippen LogP contribution is 2.25. The Kier molecular flexibility index (Phi) is 6.22. The highest BCUT2D eigenvalue weighted by molar-refractivity contribution is 5.25. The second-order valence-electron chi connectivity index (χ2n) is 6.20. The van der Waals surface area contributed by atoms with Crippen molar-refractivity contribution in [2.24, 2.45) is 0 Å². The molecule has 1 aliphatic rings. The molecular formula is C18H30N2O. The lowest BCUT2D eigenvalue weighted by Gasteiger charge is -2.39. The summed E-state index contributed by atoms with van der Waals surface area (Å²) in [7, 11) is 2.26. The van der Waals surface area contributed by atoms with Gasteiger partial charge in [-0.05, 0) is 45.8 Å². The first kappa shape index (κ1) is 16.5. The number of nitrogens with one attached hydrogen (secondary N) is 1. The van der Waals surface area contributed by atoms with Gasteiger partial charge in [-0.2, -0.15) is 0 Å². The molecule has 1 saturated heterocycles. The highest BCUT2D eigenvalue weighted by Gasteiger charge is 2.28. The molecule has 118 valence electrons. The molecule has 0 aliphatic carbocycles. The van der Waals surface area contributed by atoms with E-state index in [9.17, 15) is 0 Å². The van der Waals surface area contributed by atoms with E-state index in [1.807, 2.05) is 0 Å². The zero-order valence-corrected chi connectivity index (χ0v) is 13.9. The maximum Gasteiger partial charge on any atom is 0.0480 e. The van der Waals surface area contributed by atoms with E-state index in [4.69, 9.17) is 4.74 Å². The van der Waals surface area contributed by atoms with Gasteiger partial charge in [0.2, 0.25) is 0 Å². The van der Waals surface area contributed by atoms with E-state index in [2.05, 4.69) is 62.3 Å². The van der Waals surface area contributed by atoms with Gasteiger partial charge in [-0.1, -0.05) is 36.8 Å². The van der Waals surface area contributed by atoms with Gasteiger partial charge in [0.15, 0.2) is 0 Å². The maximum absolute atomic E-state index is 5.49. The van der Waals surface area contributed by atoms with Gasteiger partial charge in [-0.3, -0.25) is 4.90 Å². The van der Waals surface area contributed by atoms with Gasteiger partial charge < -0.3 is 10.1 Å². The third kappa shape index (κ3) is 4.29. The Morgan fingerprint density at radius 3 is 2.43 bits per heavy atom. The molecule has 0 aromatic heterocycles. The van der Waals surface area contributed by atoms with E-state index in [1.54, 1.807) is 0 Å². The number of hydrogen-bond donors (Lipinski definition) is 1. The molecule has 2 unspecified atom stereocenters. The molecule has 0 bridgehead atoms. The van der Waals surface area contributed by atoms with Gasteiger partial charge in [0, 0.05) is 31.3 Å². The molecule has 1 aliphatic heterocycles. The molecule has 0 saturated carbocycles. The molecule has 21 heavy (non-hydrogen) atoms. The van der Waals surface area contributed by atoms with Crippen molar-refractivity contribution in [3.63, 3.8) is 0 Å². The second-order valence-corrected chi connectivity index (χ2v) is 6.20. The van der Waals surface area contributed by atoms with Crippen molar-refractivity contribution < 1.29 is 4.74 Å². The first-order valence-corrected chi connectivity index (χ1v) is 8.23. The molecular weight excluding hydrogens is 260 g/mol. The summed E-state index contributed by atoms with van der Waals surface area (Å²) in [4.78, 5) is 2.54. The predicted octanol–water partition coefficient (Wildman–Crippen LogP) is 3.14. The lowest BCUT2D eigenvalue weighted by atomic mass is 9.96. The van der Waals surface area contributed by atoms with Crippen LogP contribution in [0.4, 0.5) is 0 Å². The number of aryl methyl sites for hydroxylation is 1. The van der Waals surface area contributed by atoms with Crippen LogP contribution in [0.1, 0.15) is 43.9 Å². The third-order valence-corrected chi connectivity index (χ3v) is 4.75. The molecule has 3 nitrogen and oxygen atoms in total. The summed E-state index contributed by atoms with van der Waals surface area (Å²) >= 11 is 0. The van der Waals surface area contributed by atoms with Crippen molar-refractivity contribution in [2.75, 3.05) is 26.8 Å². The summed E-state index contributed by atoms with van der Waals surface area (Å²) in [6.07, 6.45) is 2.29. The summed E-state index contributed by atoms with van der Waals surface area (Å²) in [6, 6.07) is 10.4. The summed E-state index contributed by atoms with van der Waals surface area (Å²) in [6.45, 7) is 9.45. The number of hydrogen-bond acceptors (Lipinski definition) is 3. The van der Waals surface area contributed by atoms with Crippen LogP contribution in [0.2, 0.25) is 0 Å². The second kappa shape index (κ2) is 7.92. The lowest BCUT2D eigenvalue weighted by molar-refractivity contribution is 0.0249. The van der Waals surface area contributed by atoms with Crippen LogP contribution in [0.5, 0.6) is 0 Å². The van der Waals surface area contributed by atoms with Crippen molar-refractivity contribution >= 4 is 0 Å². The quantitative estimate of drug-likeness (QED) is 0.871. The standard InChI is InChI=1S/C18H30N2O/c1-5-19-18(16-8-6-14(2)7-9-16)15(3)20(4)17-10-12-21-13-11-17/h6-9,15,17-19H,5,10-13H2,1-4H3. The summed E-state index contributed by atoms with van der Waals surface area (Å²) < 4.78 is 5.49. The Morgan fingerprint density at radius 2 is 1.86 bits per heavy atom. The van der Waals surface area contributed by atoms with Crippen molar-refractivity contribution in [3.8, 4) is 0 Å². The predicted molar refractivity (Wildman–Crippen MR) is 88.7 cm³/mol. The Labute approximate surface area is 129 Å². The average molecular weight is 290 g/mol. The lowest BCUT2D eigenvalue weighted by Crippen LogP contribution is -2.47. The highest BCUT2D eigenvalue weighted by atomic mass is 16.5. The summed E-state index contributed by atoms with van der Waals surface area (Å²) in [5.41, 5.74) is 2.70. The third-order valence-electron chi connectivity index (χ3n) is 4.75. The molecule has 1 heterocycles. The van der Waals surface area contributed by atoms with E-state index in [1.165, 1.54) is 11.1 Å². The summed E-state index contributed by atoms with van der Waals surface area (Å²) in [5.74, 6) is 0. The van der Waals surface area contributed by atoms with Crippen LogP contribution in [0.25, 0.3) is 0 Å². The smallest absolute Gasteiger partial charge is 0.0480 e. The van der Waals surface area contributed by atoms with Crippen LogP contribution in [0.15, 0.2) is 24.3 Å². The first-order chi connectivity index (χ1) is 10.1. The number of rotatable bonds is 6. The van der Waals surface area contributed by atoms with E-state index in [0.29, 0.717) is 18.1 Å². The molecule has 0 radical (unpaired) electrons. The average Bonchev–Trinajstić information content (AvgIpc) is 2.53. The van der Waals surface area contributed by atoms with Crippen LogP contribution < -0.4 is 5.32 Å². The van der Waals surface area contributed by atoms with Crippen LogP contribution in [0, 0.1) is 6.92 Å². The molecule has 1 aromatic rings. The molecule has 1 fully saturated rings. The monoisotopic (exact) mass is 290 g/mol. The molecule has 2 rings (SSSR count). The zero-order chi connectivity index (χ0) is 15.2. The Bertz CT molecular complexity index is 412. The summed E-state index contributed by atoms with van der Waals surface area (Å²) in [5, 5.41) is 3.67. The molecule has 1 N–H and O–H groups in total. The van der Waals surface area contributed by atoms with Crippen molar-refractivity contribution in [2.45, 2.75) is 51.7 Å². The van der Waals surface area contributed by atoms with Gasteiger partial charge in [0.05, 0.1) is 0 Å². The van der Waals surface area contributed by atoms with Crippen LogP contribution in [-0.4, -0.2) is 43.8 Å². The first-order valence-electron chi connectivity index (χ1n) is 8.23. The largest absolute Gasteiger partial charge is 0.381 e. The number of benzene rings is 1. The fraction of sp³-hybridized carbons (Fsp3) is 0.667. The topological polar surface area (TPSA) is 24.5 Å². The van der Waals surface area contributed by atoms with Gasteiger partial charge in [-0.15, -0.1) is 0 Å². The Balaban J connectivity index is 2.10. The van der Waals surface area contributed by atoms with E-state index >= 15 is 0 Å². The minimum atomic E-state index is 0.378. The minimum absolute atomic E-state index is 0.378. The number of nitrogens with zero attached hydrogens (tertiary/aromatic N) is 1. The normalized spacial score (nSPS) is 19.7. The van der Waals surface area contributed by atoms with Gasteiger partial charge in [0.25, 0.3) is 0 Å². The molecule has 1 aromatic carbocycles. The molecule has 0 amide bonds. The van der Waals surface area contributed by atoms with Gasteiger partial charge in [-0.25, -0.2) is 0 Å². The Morgan fingerprint density at radius 1 is 1.24 bits per heavy atom. The Hall–Kier alpha value is -0.900. The van der Waals surface area contributed by atoms with Crippen LogP contribution in [-0.2, 0) is 4.74 Å². The number of likely N-dealkylation sites (N-methyl/N-ethyl adjacent to an activating group) is 2. The number of ether oxygens (including phenoxy) is 1. The molecule has 2 atom stereocenters. The molecule has 0 spiro atoms. The van der Waals surface area contributed by atoms with Crippen molar-refractivity contribution in [3.05, 3.63) is 35.4 Å². The van der Waals surface area contributed by atoms with Crippen molar-refractivity contribution in [1.29, 1.82) is 0 Å². The SMILES string of the molecule is CCNC(c1ccc(C)cc1)C(C)N(C)C1CCOCC1. The maximum atomic E-state index is 5.49. The van der Waals surface area contributed by atoms with Crippen molar-refractivity contribution in [1.82, 2.24) is 10.2 Å². The van der Waals surface area contributed by atoms with E-state index in [0.717, 1.165) is 32.6 Å². The molecule has 3 heteroatoms. The fourth-order valence-corrected chi connectivity index (χ4v) is 3.22. The minimum Gasteiger partial charge on any atom is -0.381 e. The fourth-order valence-electron chi connectivity index (χ4n) is 3.22. The van der Waals surface area contributed by atoms with Crippen LogP contribution in [0.3, 0.4) is 0 Å². The van der Waals surface area contributed by atoms with Crippen LogP contribution >= 0.6 is 0 Å². The zero-order valence-electron chi connectivity index (χ0n) is 13.9.